The fourth-order valence-electron chi connectivity index (χ4n) is 4.32. The Morgan fingerprint density at radius 1 is 1.35 bits per heavy atom. The highest BCUT2D eigenvalue weighted by Gasteiger charge is 2.40. The van der Waals surface area contributed by atoms with Crippen LogP contribution in [0.1, 0.15) is 50.3 Å². The quantitative estimate of drug-likeness (QED) is 0.704. The molecule has 4 atom stereocenters. The molecule has 0 radical (unpaired) electrons. The van der Waals surface area contributed by atoms with Crippen molar-refractivity contribution in [3.05, 3.63) is 20.8 Å². The molecule has 3 rings (SSSR count). The summed E-state index contributed by atoms with van der Waals surface area (Å²) < 4.78 is 1.27. The number of fused-ring (bicyclic) bond motifs is 2. The predicted octanol–water partition coefficient (Wildman–Crippen LogP) is 5.25. The van der Waals surface area contributed by atoms with Gasteiger partial charge in [-0.2, -0.15) is 0 Å². The molecule has 2 fully saturated rings. The van der Waals surface area contributed by atoms with Crippen molar-refractivity contribution >= 4 is 27.3 Å². The molecule has 1 N–H and O–H groups in total. The lowest BCUT2D eigenvalue weighted by Gasteiger charge is -2.27. The van der Waals surface area contributed by atoms with Crippen LogP contribution >= 0.6 is 27.3 Å². The minimum Gasteiger partial charge on any atom is -0.314 e. The second-order valence-corrected chi connectivity index (χ2v) is 9.28. The van der Waals surface area contributed by atoms with Crippen LogP contribution in [0, 0.1) is 17.8 Å². The van der Waals surface area contributed by atoms with Crippen molar-refractivity contribution in [1.29, 1.82) is 0 Å². The largest absolute Gasteiger partial charge is 0.314 e. The Hall–Kier alpha value is 0.140. The van der Waals surface area contributed by atoms with E-state index >= 15 is 0 Å². The molecule has 0 aliphatic heterocycles. The summed E-state index contributed by atoms with van der Waals surface area (Å²) >= 11 is 5.49. The van der Waals surface area contributed by atoms with Crippen LogP contribution in [0.15, 0.2) is 15.9 Å². The first-order valence-corrected chi connectivity index (χ1v) is 9.83. The molecule has 2 saturated carbocycles. The van der Waals surface area contributed by atoms with Crippen molar-refractivity contribution in [1.82, 2.24) is 5.32 Å². The molecular weight excluding hydrogens is 330 g/mol. The number of thiophene rings is 1. The van der Waals surface area contributed by atoms with Gasteiger partial charge in [-0.3, -0.25) is 0 Å². The summed E-state index contributed by atoms with van der Waals surface area (Å²) in [5, 5.41) is 3.80. The van der Waals surface area contributed by atoms with Crippen LogP contribution in [0.4, 0.5) is 0 Å². The van der Waals surface area contributed by atoms with Gasteiger partial charge >= 0.3 is 0 Å². The van der Waals surface area contributed by atoms with Gasteiger partial charge in [0.1, 0.15) is 0 Å². The maximum atomic E-state index is 3.80. The molecule has 1 nitrogen and oxygen atoms in total. The van der Waals surface area contributed by atoms with E-state index in [0.29, 0.717) is 6.04 Å². The third kappa shape index (κ3) is 3.66. The summed E-state index contributed by atoms with van der Waals surface area (Å²) in [5.41, 5.74) is 0. The highest BCUT2D eigenvalue weighted by molar-refractivity contribution is 9.11. The van der Waals surface area contributed by atoms with Crippen molar-refractivity contribution < 1.29 is 0 Å². The van der Waals surface area contributed by atoms with Crippen molar-refractivity contribution in [2.45, 2.75) is 57.9 Å². The molecule has 2 aliphatic rings. The van der Waals surface area contributed by atoms with E-state index in [4.69, 9.17) is 0 Å². The molecule has 1 heterocycles. The fraction of sp³-hybridized carbons (Fsp3) is 0.765. The van der Waals surface area contributed by atoms with E-state index in [-0.39, 0.29) is 0 Å². The van der Waals surface area contributed by atoms with Crippen molar-refractivity contribution in [3.8, 4) is 0 Å². The van der Waals surface area contributed by atoms with Crippen molar-refractivity contribution in [3.63, 3.8) is 0 Å². The number of halogens is 1. The normalized spacial score (nSPS) is 30.0. The lowest BCUT2D eigenvalue weighted by atomic mass is 9.83. The summed E-state index contributed by atoms with van der Waals surface area (Å²) in [7, 11) is 0. The number of nitrogens with one attached hydrogen (secondary N) is 1. The molecule has 1 aromatic heterocycles. The van der Waals surface area contributed by atoms with Gasteiger partial charge in [0.15, 0.2) is 0 Å². The van der Waals surface area contributed by atoms with Crippen LogP contribution in [0.2, 0.25) is 0 Å². The van der Waals surface area contributed by atoms with E-state index in [1.165, 1.54) is 53.6 Å². The van der Waals surface area contributed by atoms with E-state index in [1.807, 2.05) is 11.3 Å². The molecule has 1 aromatic rings. The monoisotopic (exact) mass is 355 g/mol. The lowest BCUT2D eigenvalue weighted by molar-refractivity contribution is 0.277. The van der Waals surface area contributed by atoms with Gasteiger partial charge in [-0.15, -0.1) is 11.3 Å². The highest BCUT2D eigenvalue weighted by atomic mass is 79.9. The average Bonchev–Trinajstić information content (AvgIpc) is 3.13. The second kappa shape index (κ2) is 6.93. The highest BCUT2D eigenvalue weighted by Crippen LogP contribution is 2.50. The molecule has 2 aliphatic carbocycles. The zero-order chi connectivity index (χ0) is 13.9. The summed E-state index contributed by atoms with van der Waals surface area (Å²) in [6, 6.07) is 5.16. The number of hydrogen-bond acceptors (Lipinski definition) is 2. The summed E-state index contributed by atoms with van der Waals surface area (Å²) in [4.78, 5) is 1.52. The first-order chi connectivity index (χ1) is 9.74. The molecule has 0 aromatic carbocycles. The van der Waals surface area contributed by atoms with Gasteiger partial charge in [0, 0.05) is 10.9 Å². The molecule has 0 saturated heterocycles. The summed E-state index contributed by atoms with van der Waals surface area (Å²) in [6.07, 6.45) is 9.94. The average molecular weight is 356 g/mol. The van der Waals surface area contributed by atoms with E-state index in [2.05, 4.69) is 40.3 Å². The SMILES string of the molecule is CCCNC(Cc1ccc(Br)s1)CC1CC2CCC1C2. The van der Waals surface area contributed by atoms with Crippen LogP contribution in [-0.4, -0.2) is 12.6 Å². The molecule has 4 unspecified atom stereocenters. The van der Waals surface area contributed by atoms with Crippen molar-refractivity contribution in [2.24, 2.45) is 17.8 Å². The van der Waals surface area contributed by atoms with Crippen LogP contribution < -0.4 is 5.32 Å². The van der Waals surface area contributed by atoms with Crippen LogP contribution in [-0.2, 0) is 6.42 Å². The second-order valence-electron chi connectivity index (χ2n) is 6.73. The zero-order valence-electron chi connectivity index (χ0n) is 12.4. The first-order valence-electron chi connectivity index (χ1n) is 8.22. The summed E-state index contributed by atoms with van der Waals surface area (Å²) in [5.74, 6) is 3.14. The molecule has 20 heavy (non-hydrogen) atoms. The van der Waals surface area contributed by atoms with E-state index in [9.17, 15) is 0 Å². The topological polar surface area (TPSA) is 12.0 Å². The Kier molecular flexibility index (Phi) is 5.22. The Morgan fingerprint density at radius 3 is 2.85 bits per heavy atom. The minimum atomic E-state index is 0.685. The van der Waals surface area contributed by atoms with Crippen molar-refractivity contribution in [2.75, 3.05) is 6.54 Å². The third-order valence-electron chi connectivity index (χ3n) is 5.23. The third-order valence-corrected chi connectivity index (χ3v) is 6.88. The van der Waals surface area contributed by atoms with Gasteiger partial charge in [-0.05, 0) is 90.9 Å². The van der Waals surface area contributed by atoms with E-state index in [1.54, 1.807) is 0 Å². The van der Waals surface area contributed by atoms with Crippen LogP contribution in [0.25, 0.3) is 0 Å². The lowest BCUT2D eigenvalue weighted by Crippen LogP contribution is -2.34. The molecule has 0 spiro atoms. The Balaban J connectivity index is 1.57. The standard InChI is InChI=1S/C17H26BrNS/c1-2-7-19-15(11-16-5-6-17(18)20-16)10-14-9-12-3-4-13(14)8-12/h5-6,12-15,19H,2-4,7-11H2,1H3. The number of rotatable bonds is 7. The molecule has 112 valence electrons. The fourth-order valence-corrected chi connectivity index (χ4v) is 5.89. The molecule has 0 amide bonds. The molecule has 2 bridgehead atoms. The van der Waals surface area contributed by atoms with Gasteiger partial charge in [-0.25, -0.2) is 0 Å². The number of hydrogen-bond donors (Lipinski definition) is 1. The van der Waals surface area contributed by atoms with E-state index in [0.717, 1.165) is 24.3 Å². The minimum absolute atomic E-state index is 0.685. The Bertz CT molecular complexity index is 430. The summed E-state index contributed by atoms with van der Waals surface area (Å²) in [6.45, 7) is 3.43. The van der Waals surface area contributed by atoms with Gasteiger partial charge in [-0.1, -0.05) is 13.3 Å². The Labute approximate surface area is 135 Å². The van der Waals surface area contributed by atoms with E-state index < -0.39 is 0 Å². The van der Waals surface area contributed by atoms with Crippen LogP contribution in [0.3, 0.4) is 0 Å². The maximum Gasteiger partial charge on any atom is 0.0701 e. The van der Waals surface area contributed by atoms with Gasteiger partial charge < -0.3 is 5.32 Å². The van der Waals surface area contributed by atoms with Crippen LogP contribution in [0.5, 0.6) is 0 Å². The van der Waals surface area contributed by atoms with Gasteiger partial charge in [0.2, 0.25) is 0 Å². The smallest absolute Gasteiger partial charge is 0.0701 e. The maximum absolute atomic E-state index is 3.80. The molecule has 3 heteroatoms. The Morgan fingerprint density at radius 2 is 2.25 bits per heavy atom. The van der Waals surface area contributed by atoms with Gasteiger partial charge in [0.25, 0.3) is 0 Å². The van der Waals surface area contributed by atoms with Gasteiger partial charge in [0.05, 0.1) is 3.79 Å². The predicted molar refractivity (Wildman–Crippen MR) is 91.4 cm³/mol. The zero-order valence-corrected chi connectivity index (χ0v) is 14.8. The first kappa shape index (κ1) is 15.1. The molecular formula is C17H26BrNS.